The van der Waals surface area contributed by atoms with Crippen molar-refractivity contribution in [2.24, 2.45) is 0 Å². The number of hydrogen-bond donors (Lipinski definition) is 0. The summed E-state index contributed by atoms with van der Waals surface area (Å²) in [6, 6.07) is 5.41. The van der Waals surface area contributed by atoms with Crippen LogP contribution in [0.3, 0.4) is 0 Å². The number of unbranched alkanes of at least 4 members (excludes halogenated alkanes) is 1. The van der Waals surface area contributed by atoms with E-state index in [9.17, 15) is 0 Å². The predicted octanol–water partition coefficient (Wildman–Crippen LogP) is 5.47. The van der Waals surface area contributed by atoms with Gasteiger partial charge in [0.1, 0.15) is 6.10 Å². The van der Waals surface area contributed by atoms with Gasteiger partial charge >= 0.3 is 0 Å². The van der Waals surface area contributed by atoms with E-state index < -0.39 is 0 Å². The van der Waals surface area contributed by atoms with Crippen molar-refractivity contribution in [2.45, 2.75) is 38.8 Å². The third-order valence-electron chi connectivity index (χ3n) is 3.25. The lowest BCUT2D eigenvalue weighted by atomic mass is 10.1. The Morgan fingerprint density at radius 2 is 2.23 bits per heavy atom. The first-order valence-corrected chi connectivity index (χ1v) is 8.36. The molecular formula is C16H18Cl2N2OS. The van der Waals surface area contributed by atoms with Gasteiger partial charge < -0.3 is 9.30 Å². The summed E-state index contributed by atoms with van der Waals surface area (Å²) in [6.07, 6.45) is 7.98. The fraction of sp³-hybridized carbons (Fsp3) is 0.375. The van der Waals surface area contributed by atoms with Gasteiger partial charge in [0.2, 0.25) is 0 Å². The maximum atomic E-state index is 6.32. The number of nitrogens with zero attached hydrogens (tertiary/aromatic N) is 2. The molecule has 0 aliphatic heterocycles. The number of imidazole rings is 1. The summed E-state index contributed by atoms with van der Waals surface area (Å²) >= 11 is 17.6. The maximum absolute atomic E-state index is 6.32. The first-order chi connectivity index (χ1) is 10.6. The highest BCUT2D eigenvalue weighted by Gasteiger charge is 2.19. The largest absolute Gasteiger partial charge is 0.477 e. The molecule has 2 aromatic rings. The minimum absolute atomic E-state index is 0.261. The summed E-state index contributed by atoms with van der Waals surface area (Å²) in [4.78, 5) is 4.05. The van der Waals surface area contributed by atoms with Gasteiger partial charge in [-0.25, -0.2) is 4.98 Å². The Kier molecular flexibility index (Phi) is 6.68. The van der Waals surface area contributed by atoms with Crippen molar-refractivity contribution in [1.29, 1.82) is 0 Å². The third kappa shape index (κ3) is 4.97. The van der Waals surface area contributed by atoms with Gasteiger partial charge in [-0.3, -0.25) is 0 Å². The summed E-state index contributed by atoms with van der Waals surface area (Å²) in [6.45, 7) is 2.72. The van der Waals surface area contributed by atoms with Crippen molar-refractivity contribution in [2.75, 3.05) is 0 Å². The van der Waals surface area contributed by atoms with E-state index in [1.54, 1.807) is 18.6 Å². The molecule has 0 aliphatic carbocycles. The number of aromatic nitrogens is 2. The summed E-state index contributed by atoms with van der Waals surface area (Å²) in [5.41, 5.74) is 0.874. The Balaban J connectivity index is 2.18. The number of ether oxygens (including phenoxy) is 1. The van der Waals surface area contributed by atoms with Crippen LogP contribution in [0.25, 0.3) is 0 Å². The molecule has 1 aromatic carbocycles. The molecule has 2 rings (SSSR count). The molecular weight excluding hydrogens is 339 g/mol. The quantitative estimate of drug-likeness (QED) is 0.615. The van der Waals surface area contributed by atoms with Gasteiger partial charge in [0.05, 0.1) is 12.9 Å². The van der Waals surface area contributed by atoms with Crippen molar-refractivity contribution in [3.8, 4) is 0 Å². The average molecular weight is 357 g/mol. The van der Waals surface area contributed by atoms with E-state index in [0.29, 0.717) is 21.6 Å². The Bertz CT molecular complexity index is 617. The Labute approximate surface area is 146 Å². The fourth-order valence-corrected chi connectivity index (χ4v) is 2.88. The summed E-state index contributed by atoms with van der Waals surface area (Å²) in [5, 5.41) is 1.79. The molecule has 1 atom stereocenters. The lowest BCUT2D eigenvalue weighted by Gasteiger charge is -2.21. The second kappa shape index (κ2) is 8.51. The first kappa shape index (κ1) is 17.3. The molecule has 0 spiro atoms. The summed E-state index contributed by atoms with van der Waals surface area (Å²) in [7, 11) is 0. The monoisotopic (exact) mass is 356 g/mol. The molecule has 0 fully saturated rings. The van der Waals surface area contributed by atoms with Crippen LogP contribution in [0.1, 0.15) is 37.9 Å². The Morgan fingerprint density at radius 1 is 1.41 bits per heavy atom. The molecule has 0 saturated heterocycles. The van der Waals surface area contributed by atoms with Gasteiger partial charge in [-0.05, 0) is 30.8 Å². The zero-order valence-corrected chi connectivity index (χ0v) is 14.7. The standard InChI is InChI=1S/C16H18Cl2N2OS/c1-2-3-4-16(22)21-15(10-20-8-7-19-11-20)13-6-5-12(17)9-14(13)18/h5-9,11,15H,2-4,10H2,1H3. The van der Waals surface area contributed by atoms with Gasteiger partial charge in [0.15, 0.2) is 5.05 Å². The van der Waals surface area contributed by atoms with Crippen LogP contribution in [-0.2, 0) is 11.3 Å². The van der Waals surface area contributed by atoms with Gasteiger partial charge in [-0.15, -0.1) is 0 Å². The van der Waals surface area contributed by atoms with Crippen LogP contribution in [-0.4, -0.2) is 14.6 Å². The molecule has 0 radical (unpaired) electrons. The van der Waals surface area contributed by atoms with Crippen LogP contribution in [0.5, 0.6) is 0 Å². The van der Waals surface area contributed by atoms with Crippen LogP contribution in [0.2, 0.25) is 10.0 Å². The number of thiocarbonyl (C=S) groups is 1. The van der Waals surface area contributed by atoms with Crippen molar-refractivity contribution in [3.05, 3.63) is 52.5 Å². The highest BCUT2D eigenvalue weighted by atomic mass is 35.5. The zero-order valence-electron chi connectivity index (χ0n) is 12.3. The molecule has 22 heavy (non-hydrogen) atoms. The second-order valence-corrected chi connectivity index (χ2v) is 6.31. The lowest BCUT2D eigenvalue weighted by molar-refractivity contribution is 0.170. The zero-order chi connectivity index (χ0) is 15.9. The van der Waals surface area contributed by atoms with Crippen molar-refractivity contribution < 1.29 is 4.74 Å². The summed E-state index contributed by atoms with van der Waals surface area (Å²) < 4.78 is 7.93. The molecule has 0 saturated carbocycles. The normalized spacial score (nSPS) is 12.1. The van der Waals surface area contributed by atoms with Crippen molar-refractivity contribution in [3.63, 3.8) is 0 Å². The van der Waals surface area contributed by atoms with Gasteiger partial charge in [-0.1, -0.05) is 42.6 Å². The molecule has 0 amide bonds. The number of benzene rings is 1. The van der Waals surface area contributed by atoms with E-state index in [1.807, 2.05) is 22.9 Å². The van der Waals surface area contributed by atoms with Gasteiger partial charge in [0, 0.05) is 34.4 Å². The van der Waals surface area contributed by atoms with Crippen molar-refractivity contribution in [1.82, 2.24) is 9.55 Å². The number of hydrogen-bond acceptors (Lipinski definition) is 3. The molecule has 1 heterocycles. The van der Waals surface area contributed by atoms with Crippen LogP contribution < -0.4 is 0 Å². The topological polar surface area (TPSA) is 27.1 Å². The van der Waals surface area contributed by atoms with Crippen molar-refractivity contribution >= 4 is 40.5 Å². The number of rotatable bonds is 7. The third-order valence-corrected chi connectivity index (χ3v) is 4.12. The highest BCUT2D eigenvalue weighted by Crippen LogP contribution is 2.30. The second-order valence-electron chi connectivity index (χ2n) is 5.01. The Morgan fingerprint density at radius 3 is 2.86 bits per heavy atom. The molecule has 0 bridgehead atoms. The minimum Gasteiger partial charge on any atom is -0.477 e. The van der Waals surface area contributed by atoms with E-state index in [0.717, 1.165) is 24.8 Å². The molecule has 1 aromatic heterocycles. The molecule has 3 nitrogen and oxygen atoms in total. The molecule has 6 heteroatoms. The van der Waals surface area contributed by atoms with E-state index in [2.05, 4.69) is 11.9 Å². The van der Waals surface area contributed by atoms with E-state index in [-0.39, 0.29) is 6.10 Å². The van der Waals surface area contributed by atoms with E-state index in [4.69, 9.17) is 40.2 Å². The maximum Gasteiger partial charge on any atom is 0.160 e. The molecule has 0 N–H and O–H groups in total. The van der Waals surface area contributed by atoms with E-state index >= 15 is 0 Å². The summed E-state index contributed by atoms with van der Waals surface area (Å²) in [5.74, 6) is 0. The fourth-order valence-electron chi connectivity index (χ4n) is 2.09. The smallest absolute Gasteiger partial charge is 0.160 e. The molecule has 118 valence electrons. The average Bonchev–Trinajstić information content (AvgIpc) is 2.97. The van der Waals surface area contributed by atoms with Crippen LogP contribution in [0, 0.1) is 0 Å². The van der Waals surface area contributed by atoms with Crippen LogP contribution >= 0.6 is 35.4 Å². The molecule has 0 aliphatic rings. The van der Waals surface area contributed by atoms with Gasteiger partial charge in [0.25, 0.3) is 0 Å². The van der Waals surface area contributed by atoms with E-state index in [1.165, 1.54) is 0 Å². The highest BCUT2D eigenvalue weighted by molar-refractivity contribution is 7.80. The first-order valence-electron chi connectivity index (χ1n) is 7.20. The number of halogens is 2. The Hall–Kier alpha value is -1.10. The minimum atomic E-state index is -0.261. The van der Waals surface area contributed by atoms with Crippen LogP contribution in [0.4, 0.5) is 0 Å². The SMILES string of the molecule is CCCCC(=S)OC(Cn1ccnc1)c1ccc(Cl)cc1Cl. The van der Waals surface area contributed by atoms with Crippen LogP contribution in [0.15, 0.2) is 36.9 Å². The molecule has 1 unspecified atom stereocenters. The van der Waals surface area contributed by atoms with Gasteiger partial charge in [-0.2, -0.15) is 0 Å². The predicted molar refractivity (Wildman–Crippen MR) is 94.6 cm³/mol. The lowest BCUT2D eigenvalue weighted by Crippen LogP contribution is -2.15.